The van der Waals surface area contributed by atoms with Crippen LogP contribution in [0.3, 0.4) is 0 Å². The highest BCUT2D eigenvalue weighted by Gasteiger charge is 2.29. The van der Waals surface area contributed by atoms with E-state index in [9.17, 15) is 0 Å². The van der Waals surface area contributed by atoms with Crippen LogP contribution >= 0.6 is 34.8 Å². The molecule has 0 aliphatic rings. The molecule has 11 aromatic carbocycles. The Morgan fingerprint density at radius 2 is 0.421 bits per heavy atom. The van der Waals surface area contributed by atoms with Gasteiger partial charge in [0.25, 0.3) is 0 Å². The van der Waals surface area contributed by atoms with Crippen LogP contribution < -0.4 is 33.6 Å². The largest absolute Gasteiger partial charge is 0.456 e. The molecule has 0 unspecified atom stereocenters. The molecule has 0 amide bonds. The maximum atomic E-state index is 8.23. The zero-order valence-corrected chi connectivity index (χ0v) is 42.9. The normalized spacial score (nSPS) is 10.8. The molecule has 0 aliphatic carbocycles. The molecule has 0 fully saturated rings. The van der Waals surface area contributed by atoms with Crippen LogP contribution in [0, 0.1) is 0 Å². The van der Waals surface area contributed by atoms with Crippen molar-refractivity contribution in [1.82, 2.24) is 0 Å². The van der Waals surface area contributed by atoms with Crippen molar-refractivity contribution in [2.75, 3.05) is 14.7 Å². The molecule has 0 aromatic heterocycles. The number of hydrogen-bond acceptors (Lipinski definition) is 7. The molecule has 0 aliphatic heterocycles. The van der Waals surface area contributed by atoms with Gasteiger partial charge in [0.15, 0.2) is 23.0 Å². The Morgan fingerprint density at radius 3 is 0.671 bits per heavy atom. The lowest BCUT2D eigenvalue weighted by atomic mass is 10.1. The van der Waals surface area contributed by atoms with E-state index in [2.05, 4.69) is 51.1 Å². The van der Waals surface area contributed by atoms with Gasteiger partial charge in [-0.05, 0) is 109 Å². The Balaban J connectivity index is 1.21. The number of hydrogen-bond donors (Lipinski definition) is 0. The molecule has 11 rings (SSSR count). The third-order valence-electron chi connectivity index (χ3n) is 12.2. The maximum absolute atomic E-state index is 8.23. The summed E-state index contributed by atoms with van der Waals surface area (Å²) in [5, 5.41) is 0.947. The van der Waals surface area contributed by atoms with Crippen LogP contribution in [0.5, 0.6) is 46.0 Å². The summed E-state index contributed by atoms with van der Waals surface area (Å²) < 4.78 is 26.5. The second kappa shape index (κ2) is 23.0. The fraction of sp³-hybridized carbons (Fsp3) is 0. The summed E-state index contributed by atoms with van der Waals surface area (Å²) in [6.07, 6.45) is 0. The standard InChI is InChI=1S/C66H46Cl3N3O4/c67-64-58(71(49-29-13-3-14-30-49)52-43-60(73-54-33-17-5-18-34-54)65(68)61(44-52)74-55-35-19-6-20-36-55)41-51(70(47-25-9-1-10-26-47)48-27-11-2-12-28-48)42-59(64)72(50-31-15-4-16-32-50)53-45-62(75-56-37-21-7-22-38-56)66(69)63(46-53)76-57-39-23-8-24-40-57/h1-46H. The van der Waals surface area contributed by atoms with E-state index in [-0.39, 0.29) is 10.0 Å². The van der Waals surface area contributed by atoms with Crippen molar-refractivity contribution in [2.24, 2.45) is 0 Å². The molecule has 0 spiro atoms. The monoisotopic (exact) mass is 1050 g/mol. The van der Waals surface area contributed by atoms with E-state index < -0.39 is 0 Å². The molecule has 0 bridgehead atoms. The molecular weight excluding hydrogens is 1010 g/mol. The van der Waals surface area contributed by atoms with Crippen molar-refractivity contribution in [3.63, 3.8) is 0 Å². The molecule has 0 radical (unpaired) electrons. The minimum absolute atomic E-state index is 0.282. The van der Waals surface area contributed by atoms with Gasteiger partial charge in [0.05, 0.1) is 33.5 Å². The minimum atomic E-state index is 0.282. The number of ether oxygens (including phenoxy) is 4. The van der Waals surface area contributed by atoms with Crippen LogP contribution in [0.2, 0.25) is 15.1 Å². The highest BCUT2D eigenvalue weighted by molar-refractivity contribution is 6.37. The topological polar surface area (TPSA) is 46.6 Å². The van der Waals surface area contributed by atoms with Gasteiger partial charge in [-0.25, -0.2) is 0 Å². The summed E-state index contributed by atoms with van der Waals surface area (Å²) in [5.74, 6) is 3.83. The van der Waals surface area contributed by atoms with Crippen LogP contribution in [0.15, 0.2) is 279 Å². The Bertz CT molecular complexity index is 3320. The lowest BCUT2D eigenvalue weighted by Crippen LogP contribution is -2.17. The van der Waals surface area contributed by atoms with E-state index in [1.54, 1.807) is 0 Å². The van der Waals surface area contributed by atoms with E-state index in [0.29, 0.717) is 73.8 Å². The predicted octanol–water partition coefficient (Wildman–Crippen LogP) is 21.2. The molecule has 11 aromatic rings. The molecule has 0 heterocycles. The number of rotatable bonds is 17. The summed E-state index contributed by atoms with van der Waals surface area (Å²) in [6.45, 7) is 0. The van der Waals surface area contributed by atoms with E-state index in [1.165, 1.54) is 0 Å². The van der Waals surface area contributed by atoms with Gasteiger partial charge in [0.2, 0.25) is 0 Å². The molecule has 0 N–H and O–H groups in total. The van der Waals surface area contributed by atoms with E-state index in [4.69, 9.17) is 53.8 Å². The number of halogens is 3. The first kappa shape index (κ1) is 49.1. The summed E-state index contributed by atoms with van der Waals surface area (Å²) in [4.78, 5) is 6.39. The van der Waals surface area contributed by atoms with Crippen molar-refractivity contribution in [3.05, 3.63) is 294 Å². The average molecular weight is 1050 g/mol. The van der Waals surface area contributed by atoms with E-state index >= 15 is 0 Å². The van der Waals surface area contributed by atoms with Gasteiger partial charge in [0.1, 0.15) is 33.0 Å². The summed E-state index contributed by atoms with van der Waals surface area (Å²) in [6, 6.07) is 90.5. The van der Waals surface area contributed by atoms with Crippen LogP contribution in [0.4, 0.5) is 51.2 Å². The van der Waals surface area contributed by atoms with Gasteiger partial charge in [0, 0.05) is 47.0 Å². The molecule has 7 nitrogen and oxygen atoms in total. The first-order valence-electron chi connectivity index (χ1n) is 24.5. The zero-order chi connectivity index (χ0) is 51.6. The second-order valence-corrected chi connectivity index (χ2v) is 18.5. The van der Waals surface area contributed by atoms with Crippen LogP contribution in [-0.4, -0.2) is 0 Å². The minimum Gasteiger partial charge on any atom is -0.456 e. The molecule has 370 valence electrons. The Morgan fingerprint density at radius 1 is 0.211 bits per heavy atom. The zero-order valence-electron chi connectivity index (χ0n) is 40.7. The van der Waals surface area contributed by atoms with Crippen molar-refractivity contribution in [3.8, 4) is 46.0 Å². The number of benzene rings is 11. The molecule has 0 saturated heterocycles. The van der Waals surface area contributed by atoms with Crippen LogP contribution in [0.1, 0.15) is 0 Å². The Labute approximate surface area is 457 Å². The highest BCUT2D eigenvalue weighted by Crippen LogP contribution is 2.54. The highest BCUT2D eigenvalue weighted by atomic mass is 35.5. The van der Waals surface area contributed by atoms with Gasteiger partial charge >= 0.3 is 0 Å². The fourth-order valence-corrected chi connectivity index (χ4v) is 9.43. The van der Waals surface area contributed by atoms with Gasteiger partial charge < -0.3 is 33.6 Å². The van der Waals surface area contributed by atoms with Crippen molar-refractivity contribution in [2.45, 2.75) is 0 Å². The van der Waals surface area contributed by atoms with Crippen molar-refractivity contribution >= 4 is 86.0 Å². The van der Waals surface area contributed by atoms with Crippen molar-refractivity contribution in [1.29, 1.82) is 0 Å². The van der Waals surface area contributed by atoms with E-state index in [1.807, 2.05) is 243 Å². The number of anilines is 9. The van der Waals surface area contributed by atoms with Crippen LogP contribution in [0.25, 0.3) is 0 Å². The van der Waals surface area contributed by atoms with Gasteiger partial charge in [-0.3, -0.25) is 0 Å². The molecule has 0 saturated carbocycles. The molecular formula is C66H46Cl3N3O4. The average Bonchev–Trinajstić information content (AvgIpc) is 3.51. The lowest BCUT2D eigenvalue weighted by Gasteiger charge is -2.34. The van der Waals surface area contributed by atoms with Gasteiger partial charge in [-0.1, -0.05) is 180 Å². The van der Waals surface area contributed by atoms with Gasteiger partial charge in [-0.2, -0.15) is 0 Å². The van der Waals surface area contributed by atoms with E-state index in [0.717, 1.165) is 28.4 Å². The number of nitrogens with zero attached hydrogens (tertiary/aromatic N) is 3. The van der Waals surface area contributed by atoms with Gasteiger partial charge in [-0.15, -0.1) is 0 Å². The third-order valence-corrected chi connectivity index (χ3v) is 13.3. The smallest absolute Gasteiger partial charge is 0.151 e. The van der Waals surface area contributed by atoms with Crippen molar-refractivity contribution < 1.29 is 18.9 Å². The Hall–Kier alpha value is -9.11. The Kier molecular flexibility index (Phi) is 14.8. The van der Waals surface area contributed by atoms with Crippen LogP contribution in [-0.2, 0) is 0 Å². The lowest BCUT2D eigenvalue weighted by molar-refractivity contribution is 0.460. The first-order valence-corrected chi connectivity index (χ1v) is 25.6. The maximum Gasteiger partial charge on any atom is 0.151 e. The molecule has 0 atom stereocenters. The third kappa shape index (κ3) is 11.0. The second-order valence-electron chi connectivity index (χ2n) is 17.3. The SMILES string of the molecule is Clc1c(Oc2ccccc2)cc(N(c2ccccc2)c2cc(N(c3ccccc3)c3ccccc3)cc(N(c3ccccc3)c3cc(Oc4ccccc4)c(Cl)c(Oc4ccccc4)c3)c2Cl)cc1Oc1ccccc1. The summed E-state index contributed by atoms with van der Waals surface area (Å²) in [7, 11) is 0. The molecule has 10 heteroatoms. The first-order chi connectivity index (χ1) is 37.4. The quantitative estimate of drug-likeness (QED) is 0.0900. The fourth-order valence-electron chi connectivity index (χ4n) is 8.78. The summed E-state index contributed by atoms with van der Waals surface area (Å²) >= 11 is 22.9. The summed E-state index contributed by atoms with van der Waals surface area (Å²) in [5.41, 5.74) is 6.66. The molecule has 76 heavy (non-hydrogen) atoms. The predicted molar refractivity (Wildman–Crippen MR) is 312 cm³/mol. The number of para-hydroxylation sites is 8.